The van der Waals surface area contributed by atoms with Crippen LogP contribution < -0.4 is 0 Å². The van der Waals surface area contributed by atoms with Crippen molar-refractivity contribution in [1.82, 2.24) is 14.8 Å². The summed E-state index contributed by atoms with van der Waals surface area (Å²) < 4.78 is 3.88. The average molecular weight is 375 g/mol. The lowest BCUT2D eigenvalue weighted by Crippen LogP contribution is -2.08. The van der Waals surface area contributed by atoms with Crippen molar-refractivity contribution < 1.29 is 5.11 Å². The summed E-state index contributed by atoms with van der Waals surface area (Å²) in [4.78, 5) is 0. The fourth-order valence-electron chi connectivity index (χ4n) is 1.85. The highest BCUT2D eigenvalue weighted by Crippen LogP contribution is 2.28. The van der Waals surface area contributed by atoms with Gasteiger partial charge >= 0.3 is 0 Å². The first-order valence-electron chi connectivity index (χ1n) is 5.54. The number of aliphatic hydroxyl groups is 1. The van der Waals surface area contributed by atoms with Gasteiger partial charge in [0, 0.05) is 20.6 Å². The Balaban J connectivity index is 2.60. The van der Waals surface area contributed by atoms with Crippen molar-refractivity contribution >= 4 is 31.9 Å². The van der Waals surface area contributed by atoms with E-state index in [0.717, 1.165) is 20.3 Å². The van der Waals surface area contributed by atoms with Crippen molar-refractivity contribution in [2.24, 2.45) is 0 Å². The molecule has 0 saturated heterocycles. The van der Waals surface area contributed by atoms with Crippen LogP contribution in [0.25, 0.3) is 11.4 Å². The number of aliphatic hydroxyl groups excluding tert-OH is 1. The van der Waals surface area contributed by atoms with Crippen molar-refractivity contribution in [1.29, 1.82) is 0 Å². The van der Waals surface area contributed by atoms with Gasteiger partial charge in [-0.1, -0.05) is 31.9 Å². The van der Waals surface area contributed by atoms with Crippen LogP contribution in [-0.4, -0.2) is 19.9 Å². The van der Waals surface area contributed by atoms with E-state index < -0.39 is 0 Å². The highest BCUT2D eigenvalue weighted by Gasteiger charge is 2.16. The number of aromatic nitrogens is 3. The molecule has 2 rings (SSSR count). The maximum Gasteiger partial charge on any atom is 0.164 e. The van der Waals surface area contributed by atoms with Crippen LogP contribution in [0.15, 0.2) is 27.1 Å². The Labute approximate surface area is 122 Å². The largest absolute Gasteiger partial charge is 0.388 e. The lowest BCUT2D eigenvalue weighted by Gasteiger charge is -2.13. The van der Waals surface area contributed by atoms with Crippen molar-refractivity contribution in [3.8, 4) is 11.4 Å². The summed E-state index contributed by atoms with van der Waals surface area (Å²) in [6.45, 7) is 3.97. The zero-order valence-corrected chi connectivity index (χ0v) is 13.2. The summed E-state index contributed by atoms with van der Waals surface area (Å²) in [6, 6.07) is 6.12. The molecule has 0 spiro atoms. The molecular weight excluding hydrogens is 362 g/mol. The van der Waals surface area contributed by atoms with Gasteiger partial charge in [0.05, 0.1) is 0 Å². The maximum absolute atomic E-state index is 9.29. The molecule has 0 fully saturated rings. The Morgan fingerprint density at radius 3 is 2.28 bits per heavy atom. The zero-order chi connectivity index (χ0) is 13.3. The molecule has 2 aromatic rings. The molecule has 0 saturated carbocycles. The van der Waals surface area contributed by atoms with Crippen LogP contribution in [0, 0.1) is 0 Å². The first-order chi connectivity index (χ1) is 8.52. The van der Waals surface area contributed by atoms with E-state index in [4.69, 9.17) is 0 Å². The smallest absolute Gasteiger partial charge is 0.164 e. The molecule has 6 heteroatoms. The van der Waals surface area contributed by atoms with E-state index in [0.29, 0.717) is 5.82 Å². The third-order valence-electron chi connectivity index (χ3n) is 2.54. The van der Waals surface area contributed by atoms with E-state index in [-0.39, 0.29) is 12.6 Å². The Kier molecular flexibility index (Phi) is 4.19. The van der Waals surface area contributed by atoms with Gasteiger partial charge in [0.2, 0.25) is 0 Å². The molecule has 1 aromatic heterocycles. The molecule has 1 aromatic carbocycles. The molecule has 1 N–H and O–H groups in total. The fourth-order valence-corrected chi connectivity index (χ4v) is 3.15. The van der Waals surface area contributed by atoms with Crippen molar-refractivity contribution in [2.75, 3.05) is 0 Å². The maximum atomic E-state index is 9.29. The highest BCUT2D eigenvalue weighted by molar-refractivity contribution is 9.11. The standard InChI is InChI=1S/C12H13Br2N3O/c1-7(2)17-11(6-18)15-16-12(17)8-3-9(13)5-10(14)4-8/h3-5,7,18H,6H2,1-2H3. The van der Waals surface area contributed by atoms with Gasteiger partial charge in [0.1, 0.15) is 6.61 Å². The Morgan fingerprint density at radius 1 is 1.17 bits per heavy atom. The van der Waals surface area contributed by atoms with Crippen LogP contribution in [-0.2, 0) is 6.61 Å². The summed E-state index contributed by atoms with van der Waals surface area (Å²) in [7, 11) is 0. The lowest BCUT2D eigenvalue weighted by molar-refractivity contribution is 0.262. The van der Waals surface area contributed by atoms with E-state index in [1.807, 2.05) is 36.6 Å². The van der Waals surface area contributed by atoms with Gasteiger partial charge in [0.15, 0.2) is 11.6 Å². The number of benzene rings is 1. The minimum Gasteiger partial charge on any atom is -0.388 e. The van der Waals surface area contributed by atoms with E-state index in [9.17, 15) is 5.11 Å². The molecule has 18 heavy (non-hydrogen) atoms. The Bertz CT molecular complexity index is 546. The number of hydrogen-bond acceptors (Lipinski definition) is 3. The van der Waals surface area contributed by atoms with E-state index in [2.05, 4.69) is 42.1 Å². The van der Waals surface area contributed by atoms with Crippen LogP contribution >= 0.6 is 31.9 Å². The summed E-state index contributed by atoms with van der Waals surface area (Å²) >= 11 is 6.92. The summed E-state index contributed by atoms with van der Waals surface area (Å²) in [5, 5.41) is 17.5. The number of halogens is 2. The molecular formula is C12H13Br2N3O. The Hall–Kier alpha value is -0.720. The third-order valence-corrected chi connectivity index (χ3v) is 3.46. The fraction of sp³-hybridized carbons (Fsp3) is 0.333. The predicted molar refractivity (Wildman–Crippen MR) is 77.2 cm³/mol. The quantitative estimate of drug-likeness (QED) is 0.893. The second-order valence-electron chi connectivity index (χ2n) is 4.22. The van der Waals surface area contributed by atoms with Gasteiger partial charge in [-0.3, -0.25) is 0 Å². The molecule has 0 radical (unpaired) electrons. The van der Waals surface area contributed by atoms with Gasteiger partial charge in [-0.25, -0.2) is 0 Å². The van der Waals surface area contributed by atoms with Crippen molar-refractivity contribution in [2.45, 2.75) is 26.5 Å². The van der Waals surface area contributed by atoms with Gasteiger partial charge < -0.3 is 9.67 Å². The predicted octanol–water partition coefficient (Wildman–Crippen LogP) is 3.54. The third kappa shape index (κ3) is 2.65. The summed E-state index contributed by atoms with van der Waals surface area (Å²) in [6.07, 6.45) is 0. The molecule has 0 aliphatic rings. The number of hydrogen-bond donors (Lipinski definition) is 1. The van der Waals surface area contributed by atoms with E-state index in [1.165, 1.54) is 0 Å². The topological polar surface area (TPSA) is 50.9 Å². The van der Waals surface area contributed by atoms with Gasteiger partial charge in [-0.05, 0) is 32.0 Å². The first kappa shape index (κ1) is 13.7. The summed E-state index contributed by atoms with van der Waals surface area (Å²) in [5.74, 6) is 1.34. The average Bonchev–Trinajstić information content (AvgIpc) is 2.71. The van der Waals surface area contributed by atoms with Gasteiger partial charge in [-0.15, -0.1) is 10.2 Å². The molecule has 0 unspecified atom stereocenters. The monoisotopic (exact) mass is 373 g/mol. The van der Waals surface area contributed by atoms with E-state index in [1.54, 1.807) is 0 Å². The van der Waals surface area contributed by atoms with Gasteiger partial charge in [-0.2, -0.15) is 0 Å². The minimum absolute atomic E-state index is 0.111. The number of nitrogens with zero attached hydrogens (tertiary/aromatic N) is 3. The van der Waals surface area contributed by atoms with Gasteiger partial charge in [0.25, 0.3) is 0 Å². The molecule has 0 aliphatic heterocycles. The zero-order valence-electron chi connectivity index (χ0n) is 10.1. The normalized spacial score (nSPS) is 11.2. The molecule has 1 heterocycles. The molecule has 96 valence electrons. The first-order valence-corrected chi connectivity index (χ1v) is 7.12. The molecule has 0 amide bonds. The second kappa shape index (κ2) is 5.50. The highest BCUT2D eigenvalue weighted by atomic mass is 79.9. The molecule has 0 aliphatic carbocycles. The molecule has 0 bridgehead atoms. The Morgan fingerprint density at radius 2 is 1.78 bits per heavy atom. The van der Waals surface area contributed by atoms with Crippen molar-refractivity contribution in [3.05, 3.63) is 33.0 Å². The SMILES string of the molecule is CC(C)n1c(CO)nnc1-c1cc(Br)cc(Br)c1. The molecule has 0 atom stereocenters. The lowest BCUT2D eigenvalue weighted by atomic mass is 10.2. The minimum atomic E-state index is -0.111. The second-order valence-corrected chi connectivity index (χ2v) is 6.05. The van der Waals surface area contributed by atoms with Crippen LogP contribution in [0.1, 0.15) is 25.7 Å². The van der Waals surface area contributed by atoms with Crippen LogP contribution in [0.2, 0.25) is 0 Å². The number of rotatable bonds is 3. The van der Waals surface area contributed by atoms with Crippen LogP contribution in [0.4, 0.5) is 0 Å². The summed E-state index contributed by atoms with van der Waals surface area (Å²) in [5.41, 5.74) is 0.956. The van der Waals surface area contributed by atoms with Crippen LogP contribution in [0.3, 0.4) is 0 Å². The van der Waals surface area contributed by atoms with E-state index >= 15 is 0 Å². The molecule has 4 nitrogen and oxygen atoms in total. The van der Waals surface area contributed by atoms with Crippen molar-refractivity contribution in [3.63, 3.8) is 0 Å². The van der Waals surface area contributed by atoms with Crippen LogP contribution in [0.5, 0.6) is 0 Å².